The maximum Gasteiger partial charge on any atom is 0.155 e. The number of benzene rings is 1. The number of hydrogen-bond acceptors (Lipinski definition) is 3. The average molecular weight is 178 g/mol. The Morgan fingerprint density at radius 3 is 2.85 bits per heavy atom. The molecule has 0 aliphatic carbocycles. The highest BCUT2D eigenvalue weighted by Crippen LogP contribution is 2.19. The molecule has 0 atom stereocenters. The van der Waals surface area contributed by atoms with Gasteiger partial charge in [-0.05, 0) is 18.2 Å². The van der Waals surface area contributed by atoms with Crippen LogP contribution in [0.1, 0.15) is 0 Å². The fourth-order valence-corrected chi connectivity index (χ4v) is 1.04. The minimum absolute atomic E-state index is 0.105. The number of anilines is 1. The van der Waals surface area contributed by atoms with Crippen LogP contribution in [0.3, 0.4) is 0 Å². The molecule has 2 rings (SSSR count). The van der Waals surface area contributed by atoms with Crippen molar-refractivity contribution >= 4 is 5.69 Å². The number of rotatable bonds is 1. The summed E-state index contributed by atoms with van der Waals surface area (Å²) in [4.78, 5) is 3.91. The van der Waals surface area contributed by atoms with Crippen molar-refractivity contribution < 1.29 is 4.39 Å². The van der Waals surface area contributed by atoms with Crippen LogP contribution < -0.4 is 5.73 Å². The Hall–Kier alpha value is -1.91. The molecule has 2 aromatic rings. The first-order chi connectivity index (χ1) is 6.27. The summed E-state index contributed by atoms with van der Waals surface area (Å²) in [5, 5.41) is 6.34. The molecule has 3 N–H and O–H groups in total. The van der Waals surface area contributed by atoms with E-state index in [0.29, 0.717) is 5.82 Å². The molecule has 0 saturated heterocycles. The highest BCUT2D eigenvalue weighted by molar-refractivity contribution is 5.60. The summed E-state index contributed by atoms with van der Waals surface area (Å²) in [6.07, 6.45) is 1.38. The lowest BCUT2D eigenvalue weighted by atomic mass is 10.2. The third-order valence-electron chi connectivity index (χ3n) is 1.68. The molecule has 5 heteroatoms. The van der Waals surface area contributed by atoms with Gasteiger partial charge in [0.1, 0.15) is 12.1 Å². The Morgan fingerprint density at radius 1 is 1.38 bits per heavy atom. The predicted octanol–water partition coefficient (Wildman–Crippen LogP) is 1.19. The summed E-state index contributed by atoms with van der Waals surface area (Å²) < 4.78 is 12.8. The zero-order valence-corrected chi connectivity index (χ0v) is 6.66. The highest BCUT2D eigenvalue weighted by Gasteiger charge is 2.03. The first kappa shape index (κ1) is 7.72. The van der Waals surface area contributed by atoms with Gasteiger partial charge in [0.15, 0.2) is 5.82 Å². The van der Waals surface area contributed by atoms with E-state index in [1.54, 1.807) is 6.07 Å². The van der Waals surface area contributed by atoms with Gasteiger partial charge in [-0.2, -0.15) is 5.10 Å². The normalized spacial score (nSPS) is 10.2. The summed E-state index contributed by atoms with van der Waals surface area (Å²) in [6.45, 7) is 0. The van der Waals surface area contributed by atoms with Gasteiger partial charge in [-0.25, -0.2) is 9.37 Å². The second-order valence-electron chi connectivity index (χ2n) is 2.57. The van der Waals surface area contributed by atoms with Crippen molar-refractivity contribution in [3.8, 4) is 11.4 Å². The molecule has 1 aromatic heterocycles. The molecule has 0 radical (unpaired) electrons. The largest absolute Gasteiger partial charge is 0.396 e. The van der Waals surface area contributed by atoms with Crippen molar-refractivity contribution in [1.82, 2.24) is 15.2 Å². The van der Waals surface area contributed by atoms with E-state index >= 15 is 0 Å². The first-order valence-electron chi connectivity index (χ1n) is 3.68. The lowest BCUT2D eigenvalue weighted by Gasteiger charge is -1.98. The number of halogens is 1. The van der Waals surface area contributed by atoms with Crippen LogP contribution in [0, 0.1) is 5.82 Å². The topological polar surface area (TPSA) is 67.6 Å². The van der Waals surface area contributed by atoms with E-state index in [2.05, 4.69) is 15.2 Å². The number of nitrogen functional groups attached to an aromatic ring is 1. The number of nitrogens with zero attached hydrogens (tertiary/aromatic N) is 2. The van der Waals surface area contributed by atoms with E-state index in [-0.39, 0.29) is 5.69 Å². The number of nitrogens with one attached hydrogen (secondary N) is 1. The molecule has 0 bridgehead atoms. The van der Waals surface area contributed by atoms with E-state index < -0.39 is 5.82 Å². The van der Waals surface area contributed by atoms with Crippen molar-refractivity contribution in [2.24, 2.45) is 0 Å². The van der Waals surface area contributed by atoms with Gasteiger partial charge in [0.25, 0.3) is 0 Å². The molecule has 4 nitrogen and oxygen atoms in total. The van der Waals surface area contributed by atoms with E-state index in [1.165, 1.54) is 18.5 Å². The number of aromatic amines is 1. The third kappa shape index (κ3) is 1.35. The van der Waals surface area contributed by atoms with Crippen LogP contribution in [0.2, 0.25) is 0 Å². The number of nitrogens with two attached hydrogens (primary N) is 1. The van der Waals surface area contributed by atoms with Gasteiger partial charge in [-0.1, -0.05) is 0 Å². The molecular weight excluding hydrogens is 171 g/mol. The Balaban J connectivity index is 2.49. The zero-order chi connectivity index (χ0) is 9.26. The second-order valence-corrected chi connectivity index (χ2v) is 2.57. The molecule has 13 heavy (non-hydrogen) atoms. The summed E-state index contributed by atoms with van der Waals surface area (Å²) in [5.41, 5.74) is 6.21. The van der Waals surface area contributed by atoms with Gasteiger partial charge in [0, 0.05) is 5.56 Å². The number of aromatic nitrogens is 3. The van der Waals surface area contributed by atoms with Gasteiger partial charge in [-0.3, -0.25) is 5.10 Å². The Bertz CT molecular complexity index is 410. The summed E-state index contributed by atoms with van der Waals surface area (Å²) >= 11 is 0. The van der Waals surface area contributed by atoms with Crippen LogP contribution in [-0.4, -0.2) is 15.2 Å². The SMILES string of the molecule is Nc1cc(-c2ncn[nH]2)ccc1F. The molecule has 1 aromatic carbocycles. The van der Waals surface area contributed by atoms with Crippen LogP contribution in [0.4, 0.5) is 10.1 Å². The summed E-state index contributed by atoms with van der Waals surface area (Å²) in [7, 11) is 0. The van der Waals surface area contributed by atoms with E-state index in [9.17, 15) is 4.39 Å². The van der Waals surface area contributed by atoms with Gasteiger partial charge in [0.2, 0.25) is 0 Å². The molecule has 1 heterocycles. The maximum atomic E-state index is 12.8. The molecule has 0 aliphatic rings. The van der Waals surface area contributed by atoms with Crippen LogP contribution in [0.25, 0.3) is 11.4 Å². The fourth-order valence-electron chi connectivity index (χ4n) is 1.04. The third-order valence-corrected chi connectivity index (χ3v) is 1.68. The number of hydrogen-bond donors (Lipinski definition) is 2. The minimum Gasteiger partial charge on any atom is -0.396 e. The van der Waals surface area contributed by atoms with Crippen molar-refractivity contribution in [1.29, 1.82) is 0 Å². The molecule has 0 saturated carbocycles. The number of H-pyrrole nitrogens is 1. The van der Waals surface area contributed by atoms with Crippen molar-refractivity contribution in [2.75, 3.05) is 5.73 Å². The predicted molar refractivity (Wildman–Crippen MR) is 46.2 cm³/mol. The monoisotopic (exact) mass is 178 g/mol. The summed E-state index contributed by atoms with van der Waals surface area (Å²) in [6, 6.07) is 4.40. The van der Waals surface area contributed by atoms with E-state index in [0.717, 1.165) is 5.56 Å². The van der Waals surface area contributed by atoms with Gasteiger partial charge >= 0.3 is 0 Å². The second kappa shape index (κ2) is 2.85. The van der Waals surface area contributed by atoms with E-state index in [4.69, 9.17) is 5.73 Å². The van der Waals surface area contributed by atoms with Crippen LogP contribution in [-0.2, 0) is 0 Å². The molecule has 0 amide bonds. The Labute approximate surface area is 73.6 Å². The molecule has 0 spiro atoms. The van der Waals surface area contributed by atoms with Crippen molar-refractivity contribution in [2.45, 2.75) is 0 Å². The summed E-state index contributed by atoms with van der Waals surface area (Å²) in [5.74, 6) is 0.148. The fraction of sp³-hybridized carbons (Fsp3) is 0. The molecule has 66 valence electrons. The van der Waals surface area contributed by atoms with Crippen LogP contribution in [0.5, 0.6) is 0 Å². The molecule has 0 fully saturated rings. The quantitative estimate of drug-likeness (QED) is 0.644. The zero-order valence-electron chi connectivity index (χ0n) is 6.66. The Kier molecular flexibility index (Phi) is 1.70. The van der Waals surface area contributed by atoms with Crippen molar-refractivity contribution in [3.05, 3.63) is 30.3 Å². The van der Waals surface area contributed by atoms with Gasteiger partial charge in [0.05, 0.1) is 5.69 Å². The minimum atomic E-state index is -0.428. The maximum absolute atomic E-state index is 12.8. The van der Waals surface area contributed by atoms with Crippen molar-refractivity contribution in [3.63, 3.8) is 0 Å². The average Bonchev–Trinajstić information content (AvgIpc) is 2.62. The molecule has 0 unspecified atom stereocenters. The highest BCUT2D eigenvalue weighted by atomic mass is 19.1. The lowest BCUT2D eigenvalue weighted by molar-refractivity contribution is 0.632. The van der Waals surface area contributed by atoms with Crippen LogP contribution >= 0.6 is 0 Å². The Morgan fingerprint density at radius 2 is 2.23 bits per heavy atom. The van der Waals surface area contributed by atoms with E-state index in [1.807, 2.05) is 0 Å². The molecule has 0 aliphatic heterocycles. The molecular formula is C8H7FN4. The first-order valence-corrected chi connectivity index (χ1v) is 3.68. The standard InChI is InChI=1S/C8H7FN4/c9-6-2-1-5(3-7(6)10)8-11-4-12-13-8/h1-4H,10H2,(H,11,12,13). The van der Waals surface area contributed by atoms with Gasteiger partial charge in [-0.15, -0.1) is 0 Å². The van der Waals surface area contributed by atoms with Crippen LogP contribution in [0.15, 0.2) is 24.5 Å². The lowest BCUT2D eigenvalue weighted by Crippen LogP contribution is -1.91. The van der Waals surface area contributed by atoms with Gasteiger partial charge < -0.3 is 5.73 Å². The smallest absolute Gasteiger partial charge is 0.155 e.